The molecule has 23 nitrogen and oxygen atoms in total. The van der Waals surface area contributed by atoms with E-state index in [-0.39, 0.29) is 91.6 Å². The van der Waals surface area contributed by atoms with Crippen LogP contribution in [-0.4, -0.2) is 135 Å². The van der Waals surface area contributed by atoms with Crippen molar-refractivity contribution in [3.8, 4) is 23.0 Å². The highest BCUT2D eigenvalue weighted by Crippen LogP contribution is 2.43. The molecule has 0 saturated carbocycles. The van der Waals surface area contributed by atoms with Crippen molar-refractivity contribution in [2.45, 2.75) is 129 Å². The zero-order chi connectivity index (χ0) is 64.7. The lowest BCUT2D eigenvalue weighted by molar-refractivity contribution is -0.132. The Bertz CT molecular complexity index is 3820. The van der Waals surface area contributed by atoms with Gasteiger partial charge >= 0.3 is 6.09 Å². The zero-order valence-electron chi connectivity index (χ0n) is 51.9. The number of pyridine rings is 1. The number of unbranched alkanes of at least 4 members (excludes halogenated alkanes) is 2. The summed E-state index contributed by atoms with van der Waals surface area (Å²) in [6.45, 7) is 6.36. The molecule has 7 amide bonds. The van der Waals surface area contributed by atoms with Crippen LogP contribution < -0.4 is 45.1 Å². The number of carbonyl (C=O) groups excluding carboxylic acids is 7. The fraction of sp³-hybridized carbons (Fsp3) is 0.362. The topological polar surface area (TPSA) is 280 Å². The van der Waals surface area contributed by atoms with E-state index in [4.69, 9.17) is 28.7 Å². The molecule has 5 aliphatic heterocycles. The summed E-state index contributed by atoms with van der Waals surface area (Å²) in [5.74, 6) is -1.35. The quantitative estimate of drug-likeness (QED) is 0.0368. The molecule has 92 heavy (non-hydrogen) atoms. The summed E-state index contributed by atoms with van der Waals surface area (Å²) in [7, 11) is 2.96. The van der Waals surface area contributed by atoms with Crippen molar-refractivity contribution >= 4 is 58.6 Å². The van der Waals surface area contributed by atoms with Gasteiger partial charge in [-0.15, -0.1) is 0 Å². The highest BCUT2D eigenvalue weighted by molar-refractivity contribution is 6.06. The van der Waals surface area contributed by atoms with E-state index in [9.17, 15) is 43.8 Å². The number of methoxy groups -OCH3 is 2. The van der Waals surface area contributed by atoms with E-state index in [2.05, 4.69) is 33.4 Å². The third-order valence-electron chi connectivity index (χ3n) is 17.3. The van der Waals surface area contributed by atoms with Crippen molar-refractivity contribution in [1.29, 1.82) is 0 Å². The van der Waals surface area contributed by atoms with Gasteiger partial charge in [0.05, 0.1) is 60.2 Å². The van der Waals surface area contributed by atoms with Gasteiger partial charge in [0.15, 0.2) is 29.2 Å². The fourth-order valence-electron chi connectivity index (χ4n) is 12.2. The molecule has 2 unspecified atom stereocenters. The van der Waals surface area contributed by atoms with Crippen molar-refractivity contribution in [3.05, 3.63) is 178 Å². The van der Waals surface area contributed by atoms with E-state index in [1.807, 2.05) is 47.4 Å². The average Bonchev–Trinajstić information content (AvgIpc) is 1.58. The molecule has 0 fully saturated rings. The second kappa shape index (κ2) is 28.0. The van der Waals surface area contributed by atoms with Crippen molar-refractivity contribution in [2.24, 2.45) is 5.92 Å². The van der Waals surface area contributed by atoms with E-state index < -0.39 is 54.4 Å². The Morgan fingerprint density at radius 3 is 1.96 bits per heavy atom. The molecule has 0 saturated heterocycles. The molecule has 6 heterocycles. The van der Waals surface area contributed by atoms with Crippen molar-refractivity contribution in [3.63, 3.8) is 0 Å². The van der Waals surface area contributed by atoms with E-state index >= 15 is 0 Å². The maximum Gasteiger partial charge on any atom is 0.416 e. The van der Waals surface area contributed by atoms with Crippen LogP contribution in [0.15, 0.2) is 127 Å². The fourth-order valence-corrected chi connectivity index (χ4v) is 12.2. The number of hydrogen-bond acceptors (Lipinski definition) is 16. The number of anilines is 3. The number of aliphatic hydroxyl groups excluding tert-OH is 2. The average molecular weight is 1250 g/mol. The SMILES string of the molecule is COc1cc2c(cc1OCc1cccc(COc3cc4c(cc3OC)C(=O)N3Cc5ccccc5C[C@H]3C(O)N4C(=O)OCc3ccc(NC(=O)[C@H](C)NC(=O)[C@@H](NC(=O)CCCCCN4C(=O)C=CC4O)C(C)C)cc3)n1)NC[C@@H]1Cc3ccccc3CN1C2=O. The summed E-state index contributed by atoms with van der Waals surface area (Å²) in [5.41, 5.74) is 7.36. The monoisotopic (exact) mass is 1250 g/mol. The van der Waals surface area contributed by atoms with Crippen LogP contribution >= 0.6 is 0 Å². The van der Waals surface area contributed by atoms with Crippen LogP contribution in [0.5, 0.6) is 23.0 Å². The number of benzene rings is 5. The van der Waals surface area contributed by atoms with Gasteiger partial charge in [0.1, 0.15) is 38.1 Å². The largest absolute Gasteiger partial charge is 0.493 e. The second-order valence-corrected chi connectivity index (χ2v) is 23.8. The molecule has 0 spiro atoms. The first-order valence-corrected chi connectivity index (χ1v) is 30.9. The molecule has 6 N–H and O–H groups in total. The van der Waals surface area contributed by atoms with Gasteiger partial charge in [0.2, 0.25) is 23.6 Å². The zero-order valence-corrected chi connectivity index (χ0v) is 51.9. The maximum absolute atomic E-state index is 14.8. The molecule has 0 aliphatic carbocycles. The molecule has 6 aromatic rings. The number of aromatic nitrogens is 1. The summed E-state index contributed by atoms with van der Waals surface area (Å²) in [6, 6.07) is 31.3. The minimum Gasteiger partial charge on any atom is -0.493 e. The van der Waals surface area contributed by atoms with Crippen molar-refractivity contribution < 1.29 is 67.5 Å². The van der Waals surface area contributed by atoms with Gasteiger partial charge in [-0.25, -0.2) is 9.69 Å². The molecule has 23 heteroatoms. The van der Waals surface area contributed by atoms with Crippen molar-refractivity contribution in [2.75, 3.05) is 42.8 Å². The Hall–Kier alpha value is -10.0. The summed E-state index contributed by atoms with van der Waals surface area (Å²) in [6.07, 6.45) is 2.13. The Kier molecular flexibility index (Phi) is 19.4. The van der Waals surface area contributed by atoms with Crippen LogP contribution in [0, 0.1) is 5.92 Å². The van der Waals surface area contributed by atoms with E-state index in [1.54, 1.807) is 67.3 Å². The smallest absolute Gasteiger partial charge is 0.416 e. The Morgan fingerprint density at radius 2 is 1.30 bits per heavy atom. The van der Waals surface area contributed by atoms with Crippen LogP contribution in [-0.2, 0) is 69.7 Å². The van der Waals surface area contributed by atoms with Gasteiger partial charge in [0, 0.05) is 56.5 Å². The predicted molar refractivity (Wildman–Crippen MR) is 338 cm³/mol. The first kappa shape index (κ1) is 63.6. The minimum absolute atomic E-state index is 0.0188. The van der Waals surface area contributed by atoms with Crippen molar-refractivity contribution in [1.82, 2.24) is 30.3 Å². The normalized spacial score (nSPS) is 18.5. The van der Waals surface area contributed by atoms with Crippen LogP contribution in [0.1, 0.15) is 106 Å². The standard InChI is InChI=1S/C69H75N9O14/c1-40(2)63(74-60(79)20-7-6-12-27-75-61(80)25-26-62(75)81)65(83)71-41(3)64(82)73-47-23-21-42(22-24-47)37-92-69(87)78-54-33-59(57(89-5)31-52(54)67(85)77-36-46-17-11-9-15-44(46)29-55(77)68(78)86)91-39-49-19-13-18-48(72-49)38-90-58-32-53-51(30-56(58)88-4)66(84)76-35-45-16-10-8-14-43(45)28-50(76)34-70-53/h8-11,13-19,21-26,30-33,40-41,50,55,61,63,68,70,80,86H,6-7,12,20,27-29,34-39H2,1-5H3,(H,71,83)(H,73,82)(H,74,79)/t41-,50-,55-,61?,63-,68?/m0/s1. The molecule has 11 rings (SSSR count). The minimum atomic E-state index is -1.59. The highest BCUT2D eigenvalue weighted by atomic mass is 16.6. The molecule has 0 bridgehead atoms. The van der Waals surface area contributed by atoms with Gasteiger partial charge in [-0.05, 0) is 109 Å². The van der Waals surface area contributed by atoms with Crippen LogP contribution in [0.3, 0.4) is 0 Å². The van der Waals surface area contributed by atoms with Gasteiger partial charge in [0.25, 0.3) is 11.8 Å². The summed E-state index contributed by atoms with van der Waals surface area (Å²) in [4.78, 5) is 106. The first-order chi connectivity index (χ1) is 44.4. The van der Waals surface area contributed by atoms with Gasteiger partial charge in [-0.2, -0.15) is 0 Å². The van der Waals surface area contributed by atoms with Crippen LogP contribution in [0.4, 0.5) is 21.9 Å². The molecule has 5 aliphatic rings. The summed E-state index contributed by atoms with van der Waals surface area (Å²) in [5, 5.41) is 34.0. The van der Waals surface area contributed by atoms with Crippen LogP contribution in [0.2, 0.25) is 0 Å². The molecular weight excluding hydrogens is 1180 g/mol. The summed E-state index contributed by atoms with van der Waals surface area (Å²) >= 11 is 0. The number of fused-ring (bicyclic) bond motifs is 6. The van der Waals surface area contributed by atoms with E-state index in [1.165, 1.54) is 55.9 Å². The number of nitrogens with one attached hydrogen (secondary N) is 4. The third-order valence-corrected chi connectivity index (χ3v) is 17.3. The number of aliphatic hydroxyl groups is 2. The number of amides is 7. The number of hydrogen-bond donors (Lipinski definition) is 6. The predicted octanol–water partition coefficient (Wildman–Crippen LogP) is 7.15. The molecule has 5 aromatic carbocycles. The van der Waals surface area contributed by atoms with Gasteiger partial charge in [-0.3, -0.25) is 33.8 Å². The lowest BCUT2D eigenvalue weighted by Gasteiger charge is -2.39. The van der Waals surface area contributed by atoms with E-state index in [0.29, 0.717) is 84.3 Å². The van der Waals surface area contributed by atoms with E-state index in [0.717, 1.165) is 28.0 Å². The Labute approximate surface area is 532 Å². The lowest BCUT2D eigenvalue weighted by atomic mass is 9.93. The Balaban J connectivity index is 0.730. The molecular formula is C69H75N9O14. The molecule has 1 aromatic heterocycles. The summed E-state index contributed by atoms with van der Waals surface area (Å²) < 4.78 is 30.2. The maximum atomic E-state index is 14.8. The highest BCUT2D eigenvalue weighted by Gasteiger charge is 2.46. The molecule has 480 valence electrons. The number of carbonyl (C=O) groups is 7. The first-order valence-electron chi connectivity index (χ1n) is 30.9. The third kappa shape index (κ3) is 14.0. The lowest BCUT2D eigenvalue weighted by Crippen LogP contribution is -2.55. The van der Waals surface area contributed by atoms with Gasteiger partial charge < -0.3 is 69.9 Å². The molecule has 0 radical (unpaired) electrons. The number of nitrogens with zero attached hydrogens (tertiary/aromatic N) is 5. The van der Waals surface area contributed by atoms with Gasteiger partial charge in [-0.1, -0.05) is 87.0 Å². The number of rotatable bonds is 22. The number of ether oxygens (including phenoxy) is 5. The molecule has 6 atom stereocenters. The van der Waals surface area contributed by atoms with Crippen LogP contribution in [0.25, 0.3) is 0 Å². The Morgan fingerprint density at radius 1 is 0.674 bits per heavy atom. The second-order valence-electron chi connectivity index (χ2n) is 23.8.